The third-order valence-corrected chi connectivity index (χ3v) is 3.06. The number of Topliss-reactive ketones (excluding diaryl/α,β-unsaturated/α-hetero) is 1. The first-order chi connectivity index (χ1) is 7.13. The lowest BCUT2D eigenvalue weighted by Gasteiger charge is -2.03. The Bertz CT molecular complexity index is 349. The van der Waals surface area contributed by atoms with E-state index in [-0.39, 0.29) is 0 Å². The average Bonchev–Trinajstić information content (AvgIpc) is 2.17. The number of aryl methyl sites for hydroxylation is 1. The molecule has 0 atom stereocenters. The lowest BCUT2D eigenvalue weighted by Crippen LogP contribution is -1.99. The zero-order chi connectivity index (χ0) is 11.3. The van der Waals surface area contributed by atoms with Gasteiger partial charge in [0.2, 0.25) is 0 Å². The van der Waals surface area contributed by atoms with E-state index in [1.165, 1.54) is 0 Å². The maximum absolute atomic E-state index is 11.3. The van der Waals surface area contributed by atoms with Crippen LogP contribution in [0, 0.1) is 0 Å². The highest BCUT2D eigenvalue weighted by molar-refractivity contribution is 9.10. The average molecular weight is 290 g/mol. The van der Waals surface area contributed by atoms with Crippen molar-refractivity contribution in [3.8, 4) is 0 Å². The van der Waals surface area contributed by atoms with E-state index in [9.17, 15) is 4.79 Å². The van der Waals surface area contributed by atoms with Gasteiger partial charge in [0, 0.05) is 22.3 Å². The maximum atomic E-state index is 11.3. The molecule has 0 amide bonds. The van der Waals surface area contributed by atoms with Gasteiger partial charge in [0.05, 0.1) is 0 Å². The fourth-order valence-electron chi connectivity index (χ4n) is 1.40. The van der Waals surface area contributed by atoms with E-state index in [0.717, 1.165) is 27.9 Å². The summed E-state index contributed by atoms with van der Waals surface area (Å²) >= 11 is 9.40. The van der Waals surface area contributed by atoms with Gasteiger partial charge < -0.3 is 0 Å². The predicted octanol–water partition coefficient (Wildman–Crippen LogP) is 4.40. The van der Waals surface area contributed by atoms with E-state index in [1.54, 1.807) is 0 Å². The van der Waals surface area contributed by atoms with E-state index < -0.39 is 0 Å². The minimum Gasteiger partial charge on any atom is -0.300 e. The van der Waals surface area contributed by atoms with Crippen LogP contribution >= 0.6 is 27.5 Å². The molecule has 0 spiro atoms. The van der Waals surface area contributed by atoms with Crippen LogP contribution in [-0.2, 0) is 11.2 Å². The van der Waals surface area contributed by atoms with Gasteiger partial charge in [-0.05, 0) is 30.5 Å². The molecule has 0 aliphatic heterocycles. The second-order valence-corrected chi connectivity index (χ2v) is 4.85. The predicted molar refractivity (Wildman–Crippen MR) is 67.4 cm³/mol. The Hall–Kier alpha value is -0.340. The molecule has 0 heterocycles. The Morgan fingerprint density at radius 1 is 1.40 bits per heavy atom. The van der Waals surface area contributed by atoms with Crippen LogP contribution in [0.2, 0.25) is 5.02 Å². The molecule has 15 heavy (non-hydrogen) atoms. The highest BCUT2D eigenvalue weighted by Gasteiger charge is 2.04. The van der Waals surface area contributed by atoms with Crippen molar-refractivity contribution in [3.63, 3.8) is 0 Å². The SMILES string of the molecule is CCCC(=O)CCc1ccc(Br)cc1Cl. The van der Waals surface area contributed by atoms with Gasteiger partial charge in [0.25, 0.3) is 0 Å². The number of benzene rings is 1. The van der Waals surface area contributed by atoms with Gasteiger partial charge >= 0.3 is 0 Å². The van der Waals surface area contributed by atoms with Gasteiger partial charge in [-0.2, -0.15) is 0 Å². The minimum absolute atomic E-state index is 0.316. The summed E-state index contributed by atoms with van der Waals surface area (Å²) < 4.78 is 0.969. The number of carbonyl (C=O) groups is 1. The topological polar surface area (TPSA) is 17.1 Å². The fourth-order valence-corrected chi connectivity index (χ4v) is 2.17. The molecular weight excluding hydrogens is 275 g/mol. The summed E-state index contributed by atoms with van der Waals surface area (Å²) in [6.45, 7) is 2.02. The molecule has 0 aliphatic carbocycles. The number of ketones is 1. The molecule has 0 unspecified atom stereocenters. The van der Waals surface area contributed by atoms with Gasteiger partial charge in [0.15, 0.2) is 0 Å². The van der Waals surface area contributed by atoms with Crippen LogP contribution in [0.3, 0.4) is 0 Å². The van der Waals surface area contributed by atoms with Crippen molar-refractivity contribution in [3.05, 3.63) is 33.3 Å². The zero-order valence-electron chi connectivity index (χ0n) is 8.72. The molecule has 1 rings (SSSR count). The molecule has 0 aliphatic rings. The molecule has 1 nitrogen and oxygen atoms in total. The van der Waals surface area contributed by atoms with E-state index >= 15 is 0 Å². The van der Waals surface area contributed by atoms with Gasteiger partial charge in [-0.25, -0.2) is 0 Å². The molecule has 0 aromatic heterocycles. The van der Waals surface area contributed by atoms with Crippen LogP contribution in [0.5, 0.6) is 0 Å². The highest BCUT2D eigenvalue weighted by atomic mass is 79.9. The summed E-state index contributed by atoms with van der Waals surface area (Å²) in [5.74, 6) is 0.316. The van der Waals surface area contributed by atoms with Crippen LogP contribution in [0.1, 0.15) is 31.7 Å². The second kappa shape index (κ2) is 6.29. The number of carbonyl (C=O) groups excluding carboxylic acids is 1. The smallest absolute Gasteiger partial charge is 0.133 e. The van der Waals surface area contributed by atoms with Crippen LogP contribution in [0.25, 0.3) is 0 Å². The number of halogens is 2. The Morgan fingerprint density at radius 3 is 2.73 bits per heavy atom. The number of hydrogen-bond acceptors (Lipinski definition) is 1. The largest absolute Gasteiger partial charge is 0.300 e. The van der Waals surface area contributed by atoms with Crippen LogP contribution in [-0.4, -0.2) is 5.78 Å². The molecule has 82 valence electrons. The highest BCUT2D eigenvalue weighted by Crippen LogP contribution is 2.22. The van der Waals surface area contributed by atoms with E-state index in [4.69, 9.17) is 11.6 Å². The van der Waals surface area contributed by atoms with Crippen LogP contribution in [0.15, 0.2) is 22.7 Å². The van der Waals surface area contributed by atoms with Crippen molar-refractivity contribution in [1.82, 2.24) is 0 Å². The standard InChI is InChI=1S/C12H14BrClO/c1-2-3-11(15)7-5-9-4-6-10(13)8-12(9)14/h4,6,8H,2-3,5,7H2,1H3. The molecular formula is C12H14BrClO. The first-order valence-corrected chi connectivity index (χ1v) is 6.26. The molecule has 0 bridgehead atoms. The first-order valence-electron chi connectivity index (χ1n) is 5.09. The zero-order valence-corrected chi connectivity index (χ0v) is 11.1. The number of rotatable bonds is 5. The molecule has 0 fully saturated rings. The van der Waals surface area contributed by atoms with E-state index in [2.05, 4.69) is 15.9 Å². The Kier molecular flexibility index (Phi) is 5.34. The van der Waals surface area contributed by atoms with Crippen molar-refractivity contribution in [1.29, 1.82) is 0 Å². The van der Waals surface area contributed by atoms with Crippen molar-refractivity contribution in [2.24, 2.45) is 0 Å². The lowest BCUT2D eigenvalue weighted by atomic mass is 10.1. The third kappa shape index (κ3) is 4.35. The summed E-state index contributed by atoms with van der Waals surface area (Å²) in [7, 11) is 0. The molecule has 1 aromatic carbocycles. The Labute approximate surface area is 104 Å². The third-order valence-electron chi connectivity index (χ3n) is 2.22. The Balaban J connectivity index is 2.54. The lowest BCUT2D eigenvalue weighted by molar-refractivity contribution is -0.119. The van der Waals surface area contributed by atoms with Crippen molar-refractivity contribution in [2.75, 3.05) is 0 Å². The van der Waals surface area contributed by atoms with E-state index in [0.29, 0.717) is 18.6 Å². The molecule has 0 N–H and O–H groups in total. The molecule has 0 saturated heterocycles. The molecule has 0 radical (unpaired) electrons. The van der Waals surface area contributed by atoms with Crippen molar-refractivity contribution < 1.29 is 4.79 Å². The quantitative estimate of drug-likeness (QED) is 0.785. The fraction of sp³-hybridized carbons (Fsp3) is 0.417. The van der Waals surface area contributed by atoms with Gasteiger partial charge in [-0.15, -0.1) is 0 Å². The molecule has 0 saturated carbocycles. The summed E-state index contributed by atoms with van der Waals surface area (Å²) in [6.07, 6.45) is 2.93. The monoisotopic (exact) mass is 288 g/mol. The molecule has 3 heteroatoms. The summed E-state index contributed by atoms with van der Waals surface area (Å²) in [5.41, 5.74) is 1.05. The van der Waals surface area contributed by atoms with Gasteiger partial charge in [-0.3, -0.25) is 4.79 Å². The Morgan fingerprint density at radius 2 is 2.13 bits per heavy atom. The first kappa shape index (κ1) is 12.7. The number of hydrogen-bond donors (Lipinski definition) is 0. The van der Waals surface area contributed by atoms with Gasteiger partial charge in [0.1, 0.15) is 5.78 Å². The van der Waals surface area contributed by atoms with E-state index in [1.807, 2.05) is 25.1 Å². The van der Waals surface area contributed by atoms with Gasteiger partial charge in [-0.1, -0.05) is 40.5 Å². The van der Waals surface area contributed by atoms with Crippen molar-refractivity contribution >= 4 is 33.3 Å². The van der Waals surface area contributed by atoms with Crippen LogP contribution in [0.4, 0.5) is 0 Å². The summed E-state index contributed by atoms with van der Waals surface area (Å²) in [5, 5.41) is 0.730. The molecule has 1 aromatic rings. The maximum Gasteiger partial charge on any atom is 0.133 e. The second-order valence-electron chi connectivity index (χ2n) is 3.52. The summed E-state index contributed by atoms with van der Waals surface area (Å²) in [6, 6.07) is 5.78. The van der Waals surface area contributed by atoms with Crippen molar-refractivity contribution in [2.45, 2.75) is 32.6 Å². The van der Waals surface area contributed by atoms with Crippen LogP contribution < -0.4 is 0 Å². The minimum atomic E-state index is 0.316. The summed E-state index contributed by atoms with van der Waals surface area (Å²) in [4.78, 5) is 11.3. The normalized spacial score (nSPS) is 10.3.